The van der Waals surface area contributed by atoms with Gasteiger partial charge in [-0.1, -0.05) is 53.2 Å². The van der Waals surface area contributed by atoms with Gasteiger partial charge >= 0.3 is 5.97 Å². The Kier molecular flexibility index (Phi) is 17.0. The van der Waals surface area contributed by atoms with Crippen LogP contribution < -0.4 is 0 Å². The standard InChI is InChI=1S/C54H88O23/c1-23-32(58)35(61)39(65)45(71-23)76-43-27(20-56)73-44(42(68)38(43)64)70-21-28-34(60)37(63)41(67)47(74-28)77-48(69)54-16-14-49(2,3)18-25(54)24-8-9-30-50(4)12-11-31(75-46-40(66)36(62)33(59)26(19-55)72-46)51(5,22-57)29(50)10-13-53(30,7)52(24,6)15-17-54/h18,23-24,26-47,55-68H,8-17,19-22H2,1-7H3/t23-,24+,26+,27+,28+,29+,30+,31-,32-,33+,34+,35+,36-,37-,38+,39+,40+,41+,42+,43+,44+,45-,46-,47-,50-,51-,52+,53+,54-/m0/s1. The molecule has 4 saturated carbocycles. The zero-order chi connectivity index (χ0) is 56.3. The maximum Gasteiger partial charge on any atom is 0.318 e. The molecule has 4 aliphatic heterocycles. The fraction of sp³-hybridized carbons (Fsp3) is 0.944. The summed E-state index contributed by atoms with van der Waals surface area (Å²) in [7, 11) is 0. The molecule has 0 unspecified atom stereocenters. The molecule has 0 aromatic heterocycles. The molecule has 77 heavy (non-hydrogen) atoms. The molecule has 8 fully saturated rings. The number of fused-ring (bicyclic) bond motifs is 7. The lowest BCUT2D eigenvalue weighted by atomic mass is 9.32. The van der Waals surface area contributed by atoms with Crippen molar-refractivity contribution in [2.24, 2.45) is 50.2 Å². The second-order valence-corrected chi connectivity index (χ2v) is 26.1. The van der Waals surface area contributed by atoms with Gasteiger partial charge in [0, 0.05) is 5.41 Å². The first-order chi connectivity index (χ1) is 36.1. The van der Waals surface area contributed by atoms with Crippen molar-refractivity contribution >= 4 is 5.97 Å². The van der Waals surface area contributed by atoms with Crippen molar-refractivity contribution < 1.29 is 114 Å². The molecule has 9 rings (SSSR count). The number of rotatable bonds is 12. The van der Waals surface area contributed by atoms with E-state index in [-0.39, 0.29) is 46.0 Å². The molecule has 0 aromatic carbocycles. The highest BCUT2D eigenvalue weighted by atomic mass is 16.8. The quantitative estimate of drug-likeness (QED) is 0.0569. The molecule has 5 aliphatic carbocycles. The first kappa shape index (κ1) is 60.0. The van der Waals surface area contributed by atoms with Crippen molar-refractivity contribution in [3.05, 3.63) is 11.6 Å². The molecule has 14 N–H and O–H groups in total. The summed E-state index contributed by atoms with van der Waals surface area (Å²) in [6, 6.07) is 0. The normalized spacial score (nSPS) is 54.7. The van der Waals surface area contributed by atoms with Crippen LogP contribution in [0.2, 0.25) is 0 Å². The Morgan fingerprint density at radius 1 is 0.545 bits per heavy atom. The highest BCUT2D eigenvalue weighted by Gasteiger charge is 2.71. The molecule has 0 aromatic rings. The third-order valence-electron chi connectivity index (χ3n) is 21.5. The van der Waals surface area contributed by atoms with Gasteiger partial charge < -0.3 is 109 Å². The maximum absolute atomic E-state index is 15.1. The number of esters is 1. The van der Waals surface area contributed by atoms with E-state index in [1.54, 1.807) is 0 Å². The predicted molar refractivity (Wildman–Crippen MR) is 263 cm³/mol. The first-order valence-corrected chi connectivity index (χ1v) is 27.9. The summed E-state index contributed by atoms with van der Waals surface area (Å²) in [6.45, 7) is 12.6. The minimum Gasteiger partial charge on any atom is -0.432 e. The molecule has 9 aliphatic rings. The van der Waals surface area contributed by atoms with Crippen molar-refractivity contribution in [3.63, 3.8) is 0 Å². The largest absolute Gasteiger partial charge is 0.432 e. The summed E-state index contributed by atoms with van der Waals surface area (Å²) >= 11 is 0. The third kappa shape index (κ3) is 9.80. The van der Waals surface area contributed by atoms with Gasteiger partial charge in [0.15, 0.2) is 18.9 Å². The summed E-state index contributed by atoms with van der Waals surface area (Å²) in [5, 5.41) is 150. The van der Waals surface area contributed by atoms with Gasteiger partial charge in [0.25, 0.3) is 0 Å². The number of hydrogen-bond acceptors (Lipinski definition) is 23. The maximum atomic E-state index is 15.1. The van der Waals surface area contributed by atoms with Crippen LogP contribution in [0.25, 0.3) is 0 Å². The third-order valence-corrected chi connectivity index (χ3v) is 21.5. The number of aliphatic hydroxyl groups is 14. The summed E-state index contributed by atoms with van der Waals surface area (Å²) < 4.78 is 47.1. The van der Waals surface area contributed by atoms with Gasteiger partial charge in [-0.25, -0.2) is 0 Å². The van der Waals surface area contributed by atoms with Gasteiger partial charge in [0.1, 0.15) is 91.6 Å². The van der Waals surface area contributed by atoms with Crippen LogP contribution in [0.3, 0.4) is 0 Å². The number of ether oxygens (including phenoxy) is 8. The van der Waals surface area contributed by atoms with Crippen LogP contribution in [0.1, 0.15) is 113 Å². The van der Waals surface area contributed by atoms with Crippen LogP contribution in [0.4, 0.5) is 0 Å². The van der Waals surface area contributed by atoms with Gasteiger partial charge in [-0.3, -0.25) is 4.79 Å². The highest BCUT2D eigenvalue weighted by Crippen LogP contribution is 2.76. The average molecular weight is 1110 g/mol. The minimum absolute atomic E-state index is 0.0103. The van der Waals surface area contributed by atoms with E-state index in [1.165, 1.54) is 6.92 Å². The molecule has 0 spiro atoms. The molecule has 23 heteroatoms. The van der Waals surface area contributed by atoms with Gasteiger partial charge in [-0.05, 0) is 111 Å². The number of allylic oxidation sites excluding steroid dienone is 1. The Morgan fingerprint density at radius 3 is 1.77 bits per heavy atom. The fourth-order valence-electron chi connectivity index (χ4n) is 16.5. The summed E-state index contributed by atoms with van der Waals surface area (Å²) in [4.78, 5) is 15.1. The van der Waals surface area contributed by atoms with E-state index < -0.39 is 166 Å². The van der Waals surface area contributed by atoms with Crippen LogP contribution in [-0.4, -0.2) is 233 Å². The SMILES string of the molecule is C[C@@H]1O[C@@H](O[C@H]2[C@H](O)[C@@H](O)[C@H](OC[C@H]3O[C@@H](OC(=O)[C@]45CCC(C)(C)C=C4[C@H]4CC[C@@H]6[C@@]7(C)CC[C@H](O[C@@H]8O[C@H](CO)[C@@H](O)[C@H](O)[C@H]8O)[C@@](C)(CO)[C@@H]7CC[C@@]6(C)[C@]4(C)CC5)[C@H](O)[C@@H](O)[C@@H]3O)O[C@@H]2CO)[C@H](O)[C@H](O)[C@H]1O. The topological polar surface area (TPSA) is 374 Å². The molecular weight excluding hydrogens is 1020 g/mol. The van der Waals surface area contributed by atoms with Crippen LogP contribution in [0.15, 0.2) is 11.6 Å². The molecule has 0 bridgehead atoms. The van der Waals surface area contributed by atoms with Crippen LogP contribution in [0, 0.1) is 50.2 Å². The van der Waals surface area contributed by atoms with Crippen molar-refractivity contribution in [1.29, 1.82) is 0 Å². The molecule has 0 radical (unpaired) electrons. The molecule has 442 valence electrons. The van der Waals surface area contributed by atoms with E-state index >= 15 is 4.79 Å². The monoisotopic (exact) mass is 1100 g/mol. The molecule has 0 amide bonds. The lowest BCUT2D eigenvalue weighted by Crippen LogP contribution is -2.68. The van der Waals surface area contributed by atoms with Gasteiger partial charge in [0.05, 0.1) is 44.1 Å². The van der Waals surface area contributed by atoms with Crippen molar-refractivity contribution in [3.8, 4) is 0 Å². The van der Waals surface area contributed by atoms with E-state index in [4.69, 9.17) is 37.9 Å². The minimum atomic E-state index is -1.89. The summed E-state index contributed by atoms with van der Waals surface area (Å²) in [6.07, 6.45) is -23.5. The molecular formula is C54H88O23. The van der Waals surface area contributed by atoms with Crippen LogP contribution in [-0.2, 0) is 42.7 Å². The van der Waals surface area contributed by atoms with Crippen molar-refractivity contribution in [2.75, 3.05) is 26.4 Å². The van der Waals surface area contributed by atoms with Crippen molar-refractivity contribution in [1.82, 2.24) is 0 Å². The Hall–Kier alpha value is -1.63. The van der Waals surface area contributed by atoms with E-state index in [0.29, 0.717) is 32.1 Å². The Bertz CT molecular complexity index is 2110. The number of carbonyl (C=O) groups is 1. The second-order valence-electron chi connectivity index (χ2n) is 26.1. The molecule has 4 saturated heterocycles. The Morgan fingerprint density at radius 2 is 1.12 bits per heavy atom. The summed E-state index contributed by atoms with van der Waals surface area (Å²) in [5.41, 5.74) is -1.98. The lowest BCUT2D eigenvalue weighted by molar-refractivity contribution is -0.361. The van der Waals surface area contributed by atoms with Crippen LogP contribution >= 0.6 is 0 Å². The molecule has 23 nitrogen and oxygen atoms in total. The fourth-order valence-corrected chi connectivity index (χ4v) is 16.5. The van der Waals surface area contributed by atoms with Gasteiger partial charge in [-0.2, -0.15) is 0 Å². The number of aliphatic hydroxyl groups excluding tert-OH is 14. The molecule has 4 heterocycles. The zero-order valence-electron chi connectivity index (χ0n) is 45.3. The van der Waals surface area contributed by atoms with Gasteiger partial charge in [0.2, 0.25) is 6.29 Å². The molecule has 29 atom stereocenters. The summed E-state index contributed by atoms with van der Waals surface area (Å²) in [5.74, 6) is -0.485. The Labute approximate surface area is 449 Å². The smallest absolute Gasteiger partial charge is 0.318 e. The van der Waals surface area contributed by atoms with E-state index in [0.717, 1.165) is 37.7 Å². The lowest BCUT2D eigenvalue weighted by Gasteiger charge is -2.72. The number of carbonyl (C=O) groups excluding carboxylic acids is 1. The Balaban J connectivity index is 0.888. The van der Waals surface area contributed by atoms with Crippen molar-refractivity contribution in [2.45, 2.75) is 242 Å². The highest BCUT2D eigenvalue weighted by molar-refractivity contribution is 5.82. The van der Waals surface area contributed by atoms with Crippen LogP contribution in [0.5, 0.6) is 0 Å². The van der Waals surface area contributed by atoms with E-state index in [1.807, 2.05) is 6.92 Å². The number of hydrogen-bond donors (Lipinski definition) is 14. The first-order valence-electron chi connectivity index (χ1n) is 27.9. The van der Waals surface area contributed by atoms with E-state index in [2.05, 4.69) is 40.7 Å². The zero-order valence-corrected chi connectivity index (χ0v) is 45.3. The van der Waals surface area contributed by atoms with Gasteiger partial charge in [-0.15, -0.1) is 0 Å². The average Bonchev–Trinajstić information content (AvgIpc) is 3.53. The predicted octanol–water partition coefficient (Wildman–Crippen LogP) is -2.04. The van der Waals surface area contributed by atoms with E-state index in [9.17, 15) is 71.5 Å². The second kappa shape index (κ2) is 21.8.